The second kappa shape index (κ2) is 4.07. The smallest absolute Gasteiger partial charge is 0.118 e. The molecule has 2 aliphatic rings. The number of aliphatic hydroxyl groups excluding tert-OH is 2. The van der Waals surface area contributed by atoms with Crippen LogP contribution in [0, 0.1) is 6.92 Å². The third kappa shape index (κ3) is 1.46. The Morgan fingerprint density at radius 3 is 2.64 bits per heavy atom. The van der Waals surface area contributed by atoms with Crippen LogP contribution in [0.4, 0.5) is 0 Å². The van der Waals surface area contributed by atoms with E-state index in [1.165, 1.54) is 16.2 Å². The lowest BCUT2D eigenvalue weighted by Crippen LogP contribution is -2.29. The highest BCUT2D eigenvalue weighted by molar-refractivity contribution is 6.09. The van der Waals surface area contributed by atoms with Gasteiger partial charge in [-0.15, -0.1) is 0 Å². The molecule has 0 radical (unpaired) electrons. The standard InChI is InChI=1S/C19H16O3/c1-9-11-7-6-10-4-2-3-5-12(10)13(11)8-14-15(9)18-19(22-18)17(21)16(14)20/h2-8,16-21H,1H3. The molecule has 1 fully saturated rings. The van der Waals surface area contributed by atoms with Crippen molar-refractivity contribution >= 4 is 21.5 Å². The Hall–Kier alpha value is -1.94. The van der Waals surface area contributed by atoms with E-state index < -0.39 is 12.2 Å². The molecule has 3 nitrogen and oxygen atoms in total. The number of fused-ring (bicyclic) bond motifs is 6. The van der Waals surface area contributed by atoms with E-state index in [0.29, 0.717) is 0 Å². The van der Waals surface area contributed by atoms with Gasteiger partial charge in [-0.3, -0.25) is 0 Å². The monoisotopic (exact) mass is 292 g/mol. The summed E-state index contributed by atoms with van der Waals surface area (Å²) in [6, 6.07) is 14.6. The molecule has 2 N–H and O–H groups in total. The summed E-state index contributed by atoms with van der Waals surface area (Å²) >= 11 is 0. The Kier molecular flexibility index (Phi) is 2.33. The van der Waals surface area contributed by atoms with Crippen LogP contribution < -0.4 is 0 Å². The van der Waals surface area contributed by atoms with E-state index in [4.69, 9.17) is 4.74 Å². The summed E-state index contributed by atoms with van der Waals surface area (Å²) in [5.41, 5.74) is 3.02. The molecule has 3 heteroatoms. The van der Waals surface area contributed by atoms with E-state index in [9.17, 15) is 10.2 Å². The zero-order valence-corrected chi connectivity index (χ0v) is 12.2. The van der Waals surface area contributed by atoms with Gasteiger partial charge in [0, 0.05) is 0 Å². The van der Waals surface area contributed by atoms with Crippen molar-refractivity contribution < 1.29 is 14.9 Å². The maximum absolute atomic E-state index is 10.5. The largest absolute Gasteiger partial charge is 0.387 e. The molecule has 22 heavy (non-hydrogen) atoms. The van der Waals surface area contributed by atoms with E-state index in [-0.39, 0.29) is 12.2 Å². The molecule has 0 bridgehead atoms. The lowest BCUT2D eigenvalue weighted by molar-refractivity contribution is 0.0000356. The van der Waals surface area contributed by atoms with Crippen molar-refractivity contribution in [3.63, 3.8) is 0 Å². The van der Waals surface area contributed by atoms with Crippen molar-refractivity contribution in [3.8, 4) is 0 Å². The molecule has 3 aromatic carbocycles. The highest BCUT2D eigenvalue weighted by Gasteiger charge is 2.54. The van der Waals surface area contributed by atoms with Crippen LogP contribution in [0.25, 0.3) is 21.5 Å². The van der Waals surface area contributed by atoms with Crippen molar-refractivity contribution in [1.29, 1.82) is 0 Å². The van der Waals surface area contributed by atoms with Crippen molar-refractivity contribution in [3.05, 3.63) is 59.2 Å². The van der Waals surface area contributed by atoms with Gasteiger partial charge in [-0.2, -0.15) is 0 Å². The highest BCUT2D eigenvalue weighted by Crippen LogP contribution is 2.53. The summed E-state index contributed by atoms with van der Waals surface area (Å²) in [5, 5.41) is 25.3. The van der Waals surface area contributed by atoms with Gasteiger partial charge in [-0.1, -0.05) is 36.4 Å². The predicted octanol–water partition coefficient (Wildman–Crippen LogP) is 3.15. The molecule has 1 aliphatic carbocycles. The number of epoxide rings is 1. The van der Waals surface area contributed by atoms with E-state index in [2.05, 4.69) is 31.2 Å². The van der Waals surface area contributed by atoms with Crippen LogP contribution in [-0.4, -0.2) is 22.4 Å². The average Bonchev–Trinajstić information content (AvgIpc) is 3.33. The third-order valence-electron chi connectivity index (χ3n) is 5.18. The van der Waals surface area contributed by atoms with Gasteiger partial charge in [0.05, 0.1) is 0 Å². The van der Waals surface area contributed by atoms with Gasteiger partial charge < -0.3 is 14.9 Å². The van der Waals surface area contributed by atoms with Crippen LogP contribution >= 0.6 is 0 Å². The maximum atomic E-state index is 10.5. The van der Waals surface area contributed by atoms with E-state index in [1.807, 2.05) is 18.2 Å². The van der Waals surface area contributed by atoms with Crippen molar-refractivity contribution in [2.75, 3.05) is 0 Å². The minimum absolute atomic E-state index is 0.0655. The summed E-state index contributed by atoms with van der Waals surface area (Å²) in [6.45, 7) is 2.08. The fourth-order valence-corrected chi connectivity index (χ4v) is 3.97. The molecule has 0 amide bonds. The van der Waals surface area contributed by atoms with Crippen LogP contribution in [0.2, 0.25) is 0 Å². The van der Waals surface area contributed by atoms with Gasteiger partial charge in [-0.05, 0) is 51.2 Å². The topological polar surface area (TPSA) is 53.0 Å². The number of rotatable bonds is 0. The predicted molar refractivity (Wildman–Crippen MR) is 84.8 cm³/mol. The highest BCUT2D eigenvalue weighted by atomic mass is 16.6. The molecule has 5 rings (SSSR count). The summed E-state index contributed by atoms with van der Waals surface area (Å²) in [7, 11) is 0. The quantitative estimate of drug-likeness (QED) is 0.494. The van der Waals surface area contributed by atoms with Gasteiger partial charge in [-0.25, -0.2) is 0 Å². The molecule has 110 valence electrons. The number of benzene rings is 3. The van der Waals surface area contributed by atoms with E-state index in [0.717, 1.165) is 22.1 Å². The number of ether oxygens (including phenoxy) is 1. The summed E-state index contributed by atoms with van der Waals surface area (Å²) in [6.07, 6.45) is -2.02. The fraction of sp³-hybridized carbons (Fsp3) is 0.263. The maximum Gasteiger partial charge on any atom is 0.118 e. The zero-order valence-electron chi connectivity index (χ0n) is 12.2. The van der Waals surface area contributed by atoms with Crippen molar-refractivity contribution in [2.45, 2.75) is 31.3 Å². The van der Waals surface area contributed by atoms with Crippen LogP contribution in [0.15, 0.2) is 42.5 Å². The van der Waals surface area contributed by atoms with E-state index in [1.54, 1.807) is 0 Å². The summed E-state index contributed by atoms with van der Waals surface area (Å²) in [5.74, 6) is 0. The van der Waals surface area contributed by atoms with Gasteiger partial charge in [0.2, 0.25) is 0 Å². The normalized spacial score (nSPS) is 29.4. The Balaban J connectivity index is 1.92. The first kappa shape index (κ1) is 12.6. The summed E-state index contributed by atoms with van der Waals surface area (Å²) < 4.78 is 5.59. The van der Waals surface area contributed by atoms with Crippen molar-refractivity contribution in [1.82, 2.24) is 0 Å². The van der Waals surface area contributed by atoms with E-state index >= 15 is 0 Å². The Morgan fingerprint density at radius 2 is 1.77 bits per heavy atom. The second-order valence-corrected chi connectivity index (χ2v) is 6.34. The SMILES string of the molecule is Cc1c2c(cc3c1ccc1ccccc13)C(O)C(O)C1OC21. The molecule has 0 spiro atoms. The number of hydrogen-bond acceptors (Lipinski definition) is 3. The molecule has 3 aromatic rings. The third-order valence-corrected chi connectivity index (χ3v) is 5.18. The van der Waals surface area contributed by atoms with Gasteiger partial charge in [0.1, 0.15) is 24.4 Å². The Labute approximate surface area is 127 Å². The molecule has 1 saturated heterocycles. The molecular weight excluding hydrogens is 276 g/mol. The van der Waals surface area contributed by atoms with Crippen LogP contribution in [0.5, 0.6) is 0 Å². The molecule has 0 aromatic heterocycles. The number of aliphatic hydroxyl groups is 2. The van der Waals surface area contributed by atoms with Crippen molar-refractivity contribution in [2.24, 2.45) is 0 Å². The second-order valence-electron chi connectivity index (χ2n) is 6.34. The van der Waals surface area contributed by atoms with Crippen LogP contribution in [0.1, 0.15) is 28.9 Å². The average molecular weight is 292 g/mol. The van der Waals surface area contributed by atoms with Gasteiger partial charge >= 0.3 is 0 Å². The first-order valence-electron chi connectivity index (χ1n) is 7.63. The summed E-state index contributed by atoms with van der Waals surface area (Å²) in [4.78, 5) is 0. The van der Waals surface area contributed by atoms with Gasteiger partial charge in [0.25, 0.3) is 0 Å². The molecule has 1 heterocycles. The first-order chi connectivity index (χ1) is 10.7. The first-order valence-corrected chi connectivity index (χ1v) is 7.63. The molecular formula is C19H16O3. The lowest BCUT2D eigenvalue weighted by Gasteiger charge is -2.26. The number of hydrogen-bond donors (Lipinski definition) is 2. The Morgan fingerprint density at radius 1 is 0.955 bits per heavy atom. The minimum atomic E-state index is -0.874. The van der Waals surface area contributed by atoms with Gasteiger partial charge in [0.15, 0.2) is 0 Å². The van der Waals surface area contributed by atoms with Crippen LogP contribution in [0.3, 0.4) is 0 Å². The lowest BCUT2D eigenvalue weighted by atomic mass is 9.82. The molecule has 4 atom stereocenters. The molecule has 0 saturated carbocycles. The minimum Gasteiger partial charge on any atom is -0.387 e. The van der Waals surface area contributed by atoms with Crippen LogP contribution in [-0.2, 0) is 4.74 Å². The Bertz CT molecular complexity index is 931. The number of aryl methyl sites for hydroxylation is 1. The molecule has 1 aliphatic heterocycles. The fourth-order valence-electron chi connectivity index (χ4n) is 3.97. The zero-order chi connectivity index (χ0) is 15.0. The molecule has 4 unspecified atom stereocenters.